The minimum Gasteiger partial charge on any atom is -0.443 e. The fourth-order valence-corrected chi connectivity index (χ4v) is 7.25. The molecule has 5 atom stereocenters. The van der Waals surface area contributed by atoms with E-state index in [1.807, 2.05) is 20.8 Å². The molecule has 0 spiro atoms. The molecule has 5 rings (SSSR count). The molecule has 2 aliphatic heterocycles. The Morgan fingerprint density at radius 2 is 1.87 bits per heavy atom. The predicted molar refractivity (Wildman–Crippen MR) is 166 cm³/mol. The molecule has 2 aromatic rings. The van der Waals surface area contributed by atoms with Gasteiger partial charge in [-0.3, -0.25) is 4.90 Å². The summed E-state index contributed by atoms with van der Waals surface area (Å²) in [6.45, 7) is 12.0. The number of methoxy groups -OCH3 is 1. The van der Waals surface area contributed by atoms with Crippen molar-refractivity contribution in [1.82, 2.24) is 19.7 Å². The average molecular weight is 674 g/mol. The number of fused-ring (bicyclic) bond motifs is 2. The molecule has 1 amide bonds. The highest BCUT2D eigenvalue weighted by Gasteiger charge is 2.57. The molecule has 0 aromatic carbocycles. The second kappa shape index (κ2) is 12.6. The topological polar surface area (TPSA) is 157 Å². The van der Waals surface area contributed by atoms with Gasteiger partial charge in [-0.15, -0.1) is 0 Å². The first-order valence-electron chi connectivity index (χ1n) is 15.3. The molecule has 1 aliphatic carbocycles. The molecule has 252 valence electrons. The van der Waals surface area contributed by atoms with E-state index in [1.54, 1.807) is 29.6 Å². The van der Waals surface area contributed by atoms with Crippen molar-refractivity contribution >= 4 is 41.7 Å². The first-order valence-corrected chi connectivity index (χ1v) is 18.3. The van der Waals surface area contributed by atoms with Crippen molar-refractivity contribution in [3.8, 4) is 0 Å². The van der Waals surface area contributed by atoms with Crippen LogP contribution >= 0.6 is 18.7 Å². The van der Waals surface area contributed by atoms with E-state index in [0.717, 1.165) is 25.7 Å². The van der Waals surface area contributed by atoms with E-state index in [4.69, 9.17) is 40.0 Å². The number of rotatable bonds is 10. The monoisotopic (exact) mass is 673 g/mol. The van der Waals surface area contributed by atoms with Gasteiger partial charge in [0, 0.05) is 19.6 Å². The Morgan fingerprint density at radius 3 is 2.49 bits per heavy atom. The van der Waals surface area contributed by atoms with Gasteiger partial charge < -0.3 is 38.1 Å². The summed E-state index contributed by atoms with van der Waals surface area (Å²) in [4.78, 5) is 24.1. The van der Waals surface area contributed by atoms with Gasteiger partial charge >= 0.3 is 6.09 Å². The Morgan fingerprint density at radius 1 is 1.20 bits per heavy atom. The molecule has 2 aromatic heterocycles. The summed E-state index contributed by atoms with van der Waals surface area (Å²) in [6.07, 6.45) is 1.79. The molecule has 3 fully saturated rings. The Balaban J connectivity index is 1.49. The molecule has 16 heteroatoms. The predicted octanol–water partition coefficient (Wildman–Crippen LogP) is 4.90. The Bertz CT molecular complexity index is 1440. The molecular weight excluding hydrogens is 629 g/mol. The highest BCUT2D eigenvalue weighted by atomic mass is 35.5. The largest absolute Gasteiger partial charge is 0.443 e. The fraction of sp³-hybridized carbons (Fsp3) is 0.793. The molecule has 2 saturated heterocycles. The second-order valence-corrected chi connectivity index (χ2v) is 17.4. The molecule has 1 N–H and O–H groups in total. The number of anilines is 1. The van der Waals surface area contributed by atoms with Crippen LogP contribution in [0.2, 0.25) is 5.28 Å². The average Bonchev–Trinajstić information content (AvgIpc) is 3.69. The van der Waals surface area contributed by atoms with Gasteiger partial charge in [0.2, 0.25) is 10.8 Å². The lowest BCUT2D eigenvalue weighted by Crippen LogP contribution is -2.43. The van der Waals surface area contributed by atoms with Crippen LogP contribution < -0.4 is 4.90 Å². The number of hydrogen-bond donors (Lipinski definition) is 1. The van der Waals surface area contributed by atoms with Crippen LogP contribution in [-0.2, 0) is 33.0 Å². The van der Waals surface area contributed by atoms with Crippen molar-refractivity contribution in [2.45, 2.75) is 114 Å². The summed E-state index contributed by atoms with van der Waals surface area (Å²) in [6, 6.07) is -0.122. The van der Waals surface area contributed by atoms with E-state index in [1.165, 1.54) is 20.4 Å². The number of carbonyl (C=O) groups is 1. The zero-order valence-electron chi connectivity index (χ0n) is 27.2. The van der Waals surface area contributed by atoms with E-state index in [0.29, 0.717) is 16.9 Å². The number of halogens is 1. The van der Waals surface area contributed by atoms with Crippen molar-refractivity contribution in [2.24, 2.45) is 0 Å². The number of aliphatic hydroxyl groups is 1. The second-order valence-electron chi connectivity index (χ2n) is 13.7. The van der Waals surface area contributed by atoms with Crippen LogP contribution in [0.4, 0.5) is 10.6 Å². The highest BCUT2D eigenvalue weighted by Crippen LogP contribution is 2.53. The zero-order chi connectivity index (χ0) is 32.9. The van der Waals surface area contributed by atoms with Crippen molar-refractivity contribution in [3.63, 3.8) is 0 Å². The number of hydrogen-bond acceptors (Lipinski definition) is 12. The maximum Gasteiger partial charge on any atom is 0.416 e. The summed E-state index contributed by atoms with van der Waals surface area (Å²) < 4.78 is 50.3. The first-order chi connectivity index (χ1) is 20.9. The van der Waals surface area contributed by atoms with Crippen molar-refractivity contribution in [1.29, 1.82) is 0 Å². The third-order valence-electron chi connectivity index (χ3n) is 8.23. The summed E-state index contributed by atoms with van der Waals surface area (Å²) in [5.41, 5.74) is -2.31. The van der Waals surface area contributed by atoms with Gasteiger partial charge in [-0.05, 0) is 72.4 Å². The summed E-state index contributed by atoms with van der Waals surface area (Å²) in [5.74, 6) is -0.649. The van der Waals surface area contributed by atoms with Crippen molar-refractivity contribution in [2.75, 3.05) is 38.6 Å². The van der Waals surface area contributed by atoms with Gasteiger partial charge in [0.25, 0.3) is 0 Å². The maximum atomic E-state index is 13.6. The number of amides is 1. The van der Waals surface area contributed by atoms with Crippen LogP contribution in [0.5, 0.6) is 0 Å². The van der Waals surface area contributed by atoms with Crippen LogP contribution in [0.1, 0.15) is 73.0 Å². The summed E-state index contributed by atoms with van der Waals surface area (Å²) >= 11 is 6.49. The number of nitrogens with zero attached hydrogens (tertiary/aromatic N) is 5. The van der Waals surface area contributed by atoms with E-state index in [9.17, 15) is 14.5 Å². The first kappa shape index (κ1) is 34.4. The number of ether oxygens (including phenoxy) is 6. The smallest absolute Gasteiger partial charge is 0.416 e. The molecule has 1 saturated carbocycles. The normalized spacial score (nSPS) is 26.7. The standard InChI is InChI=1S/C29H45ClN5O9P/c1-27(2,3)44-26(36)34(17-11-9-10-12-17)22-18-15-31-35(23(18)33-25(30)32-22)24-21-20(42-28(4,5)43-21)19(41-24)16-40-29(37,13-14-39-6)45(7,8)38/h15,17,19-21,24,37H,9-14,16H2,1-8H3/t19-,20-,21-,24-,29?/m1/s1. The van der Waals surface area contributed by atoms with Crippen molar-refractivity contribution in [3.05, 3.63) is 11.5 Å². The molecule has 45 heavy (non-hydrogen) atoms. The van der Waals surface area contributed by atoms with Gasteiger partial charge in [-0.25, -0.2) is 9.48 Å². The molecule has 1 unspecified atom stereocenters. The minimum atomic E-state index is -3.14. The van der Waals surface area contributed by atoms with Gasteiger partial charge in [0.1, 0.15) is 31.1 Å². The van der Waals surface area contributed by atoms with Gasteiger partial charge in [0.15, 0.2) is 23.5 Å². The van der Waals surface area contributed by atoms with Crippen LogP contribution in [0.3, 0.4) is 0 Å². The van der Waals surface area contributed by atoms with Crippen molar-refractivity contribution < 1.29 is 42.9 Å². The SMILES string of the molecule is COCCC(O)(OC[C@H]1O[C@@H](n2ncc3c(N(C(=O)OC(C)(C)C)C4CCCC4)nc(Cl)nc32)[C@@H]2OC(C)(C)O[C@@H]21)P(C)(C)=O. The quantitative estimate of drug-likeness (QED) is 0.207. The molecule has 3 aliphatic rings. The molecule has 4 heterocycles. The molecule has 0 radical (unpaired) electrons. The van der Waals surface area contributed by atoms with Gasteiger partial charge in [-0.2, -0.15) is 15.1 Å². The third-order valence-corrected chi connectivity index (χ3v) is 10.4. The fourth-order valence-electron chi connectivity index (χ4n) is 6.07. The molecule has 14 nitrogen and oxygen atoms in total. The lowest BCUT2D eigenvalue weighted by Gasteiger charge is -2.33. The Kier molecular flexibility index (Phi) is 9.65. The van der Waals surface area contributed by atoms with Gasteiger partial charge in [0.05, 0.1) is 24.8 Å². The van der Waals surface area contributed by atoms with E-state index < -0.39 is 54.7 Å². The lowest BCUT2D eigenvalue weighted by molar-refractivity contribution is -0.219. The highest BCUT2D eigenvalue weighted by molar-refractivity contribution is 7.63. The lowest BCUT2D eigenvalue weighted by atomic mass is 10.1. The van der Waals surface area contributed by atoms with Gasteiger partial charge in [-0.1, -0.05) is 12.8 Å². The summed E-state index contributed by atoms with van der Waals surface area (Å²) in [7, 11) is -1.65. The molecule has 0 bridgehead atoms. The van der Waals surface area contributed by atoms with Crippen LogP contribution in [0, 0.1) is 0 Å². The van der Waals surface area contributed by atoms with Crippen LogP contribution in [0.15, 0.2) is 6.20 Å². The Labute approximate surface area is 268 Å². The zero-order valence-corrected chi connectivity index (χ0v) is 28.8. The van der Waals surface area contributed by atoms with E-state index in [2.05, 4.69) is 15.1 Å². The maximum absolute atomic E-state index is 13.6. The summed E-state index contributed by atoms with van der Waals surface area (Å²) in [5, 5.41) is 16.2. The minimum absolute atomic E-state index is 0.0119. The number of aromatic nitrogens is 4. The van der Waals surface area contributed by atoms with Crippen LogP contribution in [-0.4, -0.2) is 106 Å². The molecular formula is C29H45ClN5O9P. The van der Waals surface area contributed by atoms with Crippen LogP contribution in [0.25, 0.3) is 11.0 Å². The number of carbonyl (C=O) groups excluding carboxylic acids is 1. The van der Waals surface area contributed by atoms with E-state index in [-0.39, 0.29) is 31.0 Å². The Hall–Kier alpha value is -1.90. The third kappa shape index (κ3) is 7.18. The van der Waals surface area contributed by atoms with E-state index >= 15 is 0 Å².